The third-order valence-corrected chi connectivity index (χ3v) is 6.25. The zero-order valence-electron chi connectivity index (χ0n) is 12.4. The van der Waals surface area contributed by atoms with Crippen molar-refractivity contribution in [2.75, 3.05) is 5.73 Å². The number of nitrogens with zero attached hydrogens (tertiary/aromatic N) is 1. The fraction of sp³-hybridized carbons (Fsp3) is 0.538. The molecule has 1 aliphatic rings. The number of nitrogens with one attached hydrogen (secondary N) is 1. The van der Waals surface area contributed by atoms with E-state index in [-0.39, 0.29) is 22.6 Å². The Hall–Kier alpha value is -1.67. The van der Waals surface area contributed by atoms with Crippen molar-refractivity contribution in [1.82, 2.24) is 4.72 Å². The molecule has 1 saturated carbocycles. The summed E-state index contributed by atoms with van der Waals surface area (Å²) >= 11 is 0. The van der Waals surface area contributed by atoms with Crippen molar-refractivity contribution in [3.63, 3.8) is 0 Å². The highest BCUT2D eigenvalue weighted by atomic mass is 32.2. The molecule has 0 heterocycles. The second-order valence-electron chi connectivity index (χ2n) is 6.45. The fourth-order valence-electron chi connectivity index (χ4n) is 2.66. The van der Waals surface area contributed by atoms with E-state index in [0.717, 1.165) is 0 Å². The van der Waals surface area contributed by atoms with Crippen LogP contribution in [0.15, 0.2) is 23.1 Å². The van der Waals surface area contributed by atoms with Crippen molar-refractivity contribution >= 4 is 21.4 Å². The molecule has 0 aliphatic heterocycles. The molecule has 0 radical (unpaired) electrons. The summed E-state index contributed by atoms with van der Waals surface area (Å²) in [5.74, 6) is 0. The molecular weight excluding hydrogens is 294 g/mol. The van der Waals surface area contributed by atoms with Gasteiger partial charge in [-0.15, -0.1) is 0 Å². The number of rotatable bonds is 4. The molecule has 1 aromatic carbocycles. The number of sulfonamides is 1. The molecule has 0 saturated heterocycles. The Morgan fingerprint density at radius 3 is 2.19 bits per heavy atom. The maximum Gasteiger partial charge on any atom is 0.312 e. The molecule has 21 heavy (non-hydrogen) atoms. The summed E-state index contributed by atoms with van der Waals surface area (Å²) in [7, 11) is -4.01. The van der Waals surface area contributed by atoms with E-state index in [2.05, 4.69) is 4.72 Å². The number of nitrogen functional groups attached to an aromatic ring is 1. The third kappa shape index (κ3) is 2.28. The van der Waals surface area contributed by atoms with Gasteiger partial charge >= 0.3 is 5.69 Å². The number of para-hydroxylation sites is 1. The molecule has 3 N–H and O–H groups in total. The van der Waals surface area contributed by atoms with Crippen LogP contribution >= 0.6 is 0 Å². The second kappa shape index (κ2) is 4.41. The summed E-state index contributed by atoms with van der Waals surface area (Å²) in [4.78, 5) is 9.91. The van der Waals surface area contributed by atoms with Gasteiger partial charge in [0.25, 0.3) is 0 Å². The maximum atomic E-state index is 12.5. The van der Waals surface area contributed by atoms with Crippen LogP contribution in [-0.2, 0) is 10.0 Å². The van der Waals surface area contributed by atoms with Crippen LogP contribution in [-0.4, -0.2) is 19.4 Å². The van der Waals surface area contributed by atoms with Crippen molar-refractivity contribution in [1.29, 1.82) is 0 Å². The van der Waals surface area contributed by atoms with Crippen LogP contribution in [0.25, 0.3) is 0 Å². The van der Waals surface area contributed by atoms with E-state index in [0.29, 0.717) is 0 Å². The Labute approximate surface area is 123 Å². The van der Waals surface area contributed by atoms with Crippen molar-refractivity contribution in [2.24, 2.45) is 10.8 Å². The highest BCUT2D eigenvalue weighted by Gasteiger charge is 2.66. The van der Waals surface area contributed by atoms with E-state index in [1.165, 1.54) is 18.2 Å². The molecule has 1 aromatic rings. The summed E-state index contributed by atoms with van der Waals surface area (Å²) in [6.45, 7) is 7.81. The maximum absolute atomic E-state index is 12.5. The number of benzene rings is 1. The number of nitrogens with two attached hydrogens (primary N) is 1. The number of hydrogen-bond donors (Lipinski definition) is 2. The Morgan fingerprint density at radius 2 is 1.76 bits per heavy atom. The zero-order valence-corrected chi connectivity index (χ0v) is 13.2. The Kier molecular flexibility index (Phi) is 3.30. The highest BCUT2D eigenvalue weighted by molar-refractivity contribution is 7.89. The molecule has 0 spiro atoms. The second-order valence-corrected chi connectivity index (χ2v) is 8.13. The molecule has 1 aliphatic carbocycles. The average molecular weight is 313 g/mol. The molecule has 1 fully saturated rings. The number of nitro benzene ring substituents is 1. The van der Waals surface area contributed by atoms with E-state index in [9.17, 15) is 18.5 Å². The van der Waals surface area contributed by atoms with Gasteiger partial charge in [0.05, 0.1) is 4.92 Å². The minimum atomic E-state index is -4.01. The van der Waals surface area contributed by atoms with Gasteiger partial charge in [0, 0.05) is 6.04 Å². The van der Waals surface area contributed by atoms with Gasteiger partial charge < -0.3 is 5.73 Å². The van der Waals surface area contributed by atoms with Gasteiger partial charge in [0.15, 0.2) is 4.90 Å². The largest absolute Gasteiger partial charge is 0.393 e. The summed E-state index contributed by atoms with van der Waals surface area (Å²) in [5.41, 5.74) is 4.36. The summed E-state index contributed by atoms with van der Waals surface area (Å²) in [5, 5.41) is 11.1. The van der Waals surface area contributed by atoms with Crippen LogP contribution in [0.1, 0.15) is 27.7 Å². The van der Waals surface area contributed by atoms with Gasteiger partial charge in [0.2, 0.25) is 10.0 Å². The summed E-state index contributed by atoms with van der Waals surface area (Å²) in [6.07, 6.45) is 0. The fourth-order valence-corrected chi connectivity index (χ4v) is 4.39. The van der Waals surface area contributed by atoms with Gasteiger partial charge in [-0.3, -0.25) is 10.1 Å². The van der Waals surface area contributed by atoms with E-state index < -0.39 is 25.5 Å². The molecule has 7 nitrogen and oxygen atoms in total. The Morgan fingerprint density at radius 1 is 1.24 bits per heavy atom. The van der Waals surface area contributed by atoms with Crippen LogP contribution in [0.3, 0.4) is 0 Å². The topological polar surface area (TPSA) is 115 Å². The Balaban J connectivity index is 2.44. The molecule has 0 aromatic heterocycles. The van der Waals surface area contributed by atoms with Gasteiger partial charge in [-0.2, -0.15) is 0 Å². The number of anilines is 1. The first-order valence-corrected chi connectivity index (χ1v) is 7.96. The van der Waals surface area contributed by atoms with E-state index in [1.807, 2.05) is 27.7 Å². The first-order chi connectivity index (χ1) is 9.43. The molecule has 0 bridgehead atoms. The summed E-state index contributed by atoms with van der Waals surface area (Å²) in [6, 6.07) is 3.61. The van der Waals surface area contributed by atoms with Crippen LogP contribution < -0.4 is 10.5 Å². The molecule has 116 valence electrons. The average Bonchev–Trinajstić information content (AvgIpc) is 2.70. The van der Waals surface area contributed by atoms with Crippen molar-refractivity contribution < 1.29 is 13.3 Å². The quantitative estimate of drug-likeness (QED) is 0.500. The summed E-state index contributed by atoms with van der Waals surface area (Å²) < 4.78 is 27.5. The zero-order chi connectivity index (χ0) is 16.2. The molecule has 2 rings (SSSR count). The lowest BCUT2D eigenvalue weighted by Crippen LogP contribution is -2.30. The number of hydrogen-bond acceptors (Lipinski definition) is 5. The van der Waals surface area contributed by atoms with Gasteiger partial charge in [-0.05, 0) is 23.0 Å². The first kappa shape index (κ1) is 15.7. The van der Waals surface area contributed by atoms with Gasteiger partial charge in [-0.25, -0.2) is 13.1 Å². The monoisotopic (exact) mass is 313 g/mol. The van der Waals surface area contributed by atoms with E-state index in [4.69, 9.17) is 5.73 Å². The van der Waals surface area contributed by atoms with Crippen LogP contribution in [0.5, 0.6) is 0 Å². The van der Waals surface area contributed by atoms with Crippen molar-refractivity contribution in [3.05, 3.63) is 28.3 Å². The van der Waals surface area contributed by atoms with Crippen LogP contribution in [0.4, 0.5) is 11.4 Å². The predicted octanol–water partition coefficient (Wildman–Crippen LogP) is 1.89. The number of nitro groups is 1. The van der Waals surface area contributed by atoms with Crippen molar-refractivity contribution in [2.45, 2.75) is 38.6 Å². The predicted molar refractivity (Wildman–Crippen MR) is 79.2 cm³/mol. The SMILES string of the molecule is CC1(C)C(NS(=O)(=O)c2cccc(N)c2[N+](=O)[O-])C1(C)C. The molecule has 0 unspecified atom stereocenters. The first-order valence-electron chi connectivity index (χ1n) is 6.48. The normalized spacial score (nSPS) is 20.2. The van der Waals surface area contributed by atoms with Crippen LogP contribution in [0, 0.1) is 20.9 Å². The standard InChI is InChI=1S/C13H19N3O4S/c1-12(2)11(13(12,3)4)15-21(19,20)9-7-5-6-8(14)10(9)16(17)18/h5-7,11,15H,14H2,1-4H3. The van der Waals surface area contributed by atoms with Gasteiger partial charge in [0.1, 0.15) is 5.69 Å². The lowest BCUT2D eigenvalue weighted by molar-refractivity contribution is -0.386. The van der Waals surface area contributed by atoms with Crippen LogP contribution in [0.2, 0.25) is 0 Å². The highest BCUT2D eigenvalue weighted by Crippen LogP contribution is 2.63. The minimum Gasteiger partial charge on any atom is -0.393 e. The van der Waals surface area contributed by atoms with Gasteiger partial charge in [-0.1, -0.05) is 33.8 Å². The molecule has 0 amide bonds. The van der Waals surface area contributed by atoms with E-state index >= 15 is 0 Å². The Bertz CT molecular complexity index is 696. The molecule has 0 atom stereocenters. The third-order valence-electron chi connectivity index (χ3n) is 4.80. The lowest BCUT2D eigenvalue weighted by Gasteiger charge is -2.09. The lowest BCUT2D eigenvalue weighted by atomic mass is 10.0. The molecule has 8 heteroatoms. The molecular formula is C13H19N3O4S. The smallest absolute Gasteiger partial charge is 0.312 e. The van der Waals surface area contributed by atoms with E-state index in [1.54, 1.807) is 0 Å². The minimum absolute atomic E-state index is 0.169. The van der Waals surface area contributed by atoms with Crippen molar-refractivity contribution in [3.8, 4) is 0 Å².